The first-order valence-electron chi connectivity index (χ1n) is 5.51. The average molecular weight is 262 g/mol. The van der Waals surface area contributed by atoms with Crippen LogP contribution >= 0.6 is 0 Å². The molecule has 0 atom stereocenters. The van der Waals surface area contributed by atoms with E-state index in [1.807, 2.05) is 0 Å². The topological polar surface area (TPSA) is 83.7 Å². The lowest BCUT2D eigenvalue weighted by molar-refractivity contribution is 0.0594. The second-order valence-corrected chi connectivity index (χ2v) is 3.81. The van der Waals surface area contributed by atoms with Crippen molar-refractivity contribution in [1.82, 2.24) is 4.98 Å². The Labute approximate surface area is 110 Å². The van der Waals surface area contributed by atoms with E-state index in [2.05, 4.69) is 9.72 Å². The maximum Gasteiger partial charge on any atom is 0.356 e. The third kappa shape index (κ3) is 2.24. The molecule has 6 nitrogen and oxygen atoms in total. The van der Waals surface area contributed by atoms with Gasteiger partial charge in [-0.3, -0.25) is 0 Å². The molecule has 0 aliphatic rings. The van der Waals surface area contributed by atoms with Crippen molar-refractivity contribution >= 4 is 22.6 Å². The molecule has 0 saturated carbocycles. The summed E-state index contributed by atoms with van der Waals surface area (Å²) in [6.07, 6.45) is 0. The van der Waals surface area contributed by atoms with Gasteiger partial charge in [-0.25, -0.2) is 9.78 Å². The van der Waals surface area contributed by atoms with Gasteiger partial charge in [-0.15, -0.1) is 0 Å². The Bertz CT molecular complexity index is 640. The second kappa shape index (κ2) is 5.01. The van der Waals surface area contributed by atoms with Crippen LogP contribution < -0.4 is 15.2 Å². The zero-order valence-electron chi connectivity index (χ0n) is 10.9. The zero-order chi connectivity index (χ0) is 14.0. The molecule has 100 valence electrons. The first kappa shape index (κ1) is 12.9. The molecule has 0 aliphatic heterocycles. The summed E-state index contributed by atoms with van der Waals surface area (Å²) in [7, 11) is 4.35. The van der Waals surface area contributed by atoms with Gasteiger partial charge in [0.05, 0.1) is 32.2 Å². The normalized spacial score (nSPS) is 10.3. The molecule has 0 aliphatic carbocycles. The van der Waals surface area contributed by atoms with Crippen LogP contribution in [-0.2, 0) is 4.74 Å². The van der Waals surface area contributed by atoms with Crippen LogP contribution in [-0.4, -0.2) is 32.3 Å². The van der Waals surface area contributed by atoms with Gasteiger partial charge in [0, 0.05) is 17.8 Å². The minimum atomic E-state index is -0.546. The van der Waals surface area contributed by atoms with E-state index < -0.39 is 5.97 Å². The number of aromatic nitrogens is 1. The summed E-state index contributed by atoms with van der Waals surface area (Å²) in [4.78, 5) is 15.7. The van der Waals surface area contributed by atoms with Gasteiger partial charge in [0.25, 0.3) is 0 Å². The zero-order valence-corrected chi connectivity index (χ0v) is 10.9. The van der Waals surface area contributed by atoms with Gasteiger partial charge in [-0.1, -0.05) is 0 Å². The van der Waals surface area contributed by atoms with Crippen LogP contribution in [0, 0.1) is 0 Å². The number of fused-ring (bicyclic) bond motifs is 1. The summed E-state index contributed by atoms with van der Waals surface area (Å²) in [6.45, 7) is 0. The quantitative estimate of drug-likeness (QED) is 0.846. The van der Waals surface area contributed by atoms with Crippen LogP contribution in [0.15, 0.2) is 18.2 Å². The van der Waals surface area contributed by atoms with E-state index in [1.54, 1.807) is 12.1 Å². The molecule has 0 amide bonds. The summed E-state index contributed by atoms with van der Waals surface area (Å²) in [6, 6.07) is 4.85. The third-order valence-corrected chi connectivity index (χ3v) is 2.73. The molecule has 6 heteroatoms. The Balaban J connectivity index is 2.75. The summed E-state index contributed by atoms with van der Waals surface area (Å²) >= 11 is 0. The largest absolute Gasteiger partial charge is 0.497 e. The molecule has 2 aromatic rings. The number of rotatable bonds is 3. The summed E-state index contributed by atoms with van der Waals surface area (Å²) in [5.41, 5.74) is 6.99. The lowest BCUT2D eigenvalue weighted by Gasteiger charge is -2.11. The van der Waals surface area contributed by atoms with Crippen LogP contribution in [0.2, 0.25) is 0 Å². The van der Waals surface area contributed by atoms with E-state index in [9.17, 15) is 4.79 Å². The number of pyridine rings is 1. The fourth-order valence-electron chi connectivity index (χ4n) is 1.82. The molecule has 0 fully saturated rings. The SMILES string of the molecule is COC(=O)c1cc(N)c2c(OC)cc(OC)cc2n1. The predicted octanol–water partition coefficient (Wildman–Crippen LogP) is 1.62. The van der Waals surface area contributed by atoms with Crippen molar-refractivity contribution in [3.05, 3.63) is 23.9 Å². The van der Waals surface area contributed by atoms with Gasteiger partial charge in [0.15, 0.2) is 5.69 Å². The van der Waals surface area contributed by atoms with Crippen LogP contribution in [0.3, 0.4) is 0 Å². The molecule has 0 bridgehead atoms. The number of nitrogens with zero attached hydrogens (tertiary/aromatic N) is 1. The van der Waals surface area contributed by atoms with Crippen molar-refractivity contribution in [3.63, 3.8) is 0 Å². The molecule has 0 radical (unpaired) electrons. The molecule has 1 aromatic heterocycles. The minimum absolute atomic E-state index is 0.141. The lowest BCUT2D eigenvalue weighted by Crippen LogP contribution is -2.06. The fraction of sp³-hybridized carbons (Fsp3) is 0.231. The number of ether oxygens (including phenoxy) is 3. The molecule has 0 unspecified atom stereocenters. The second-order valence-electron chi connectivity index (χ2n) is 3.81. The number of benzene rings is 1. The fourth-order valence-corrected chi connectivity index (χ4v) is 1.82. The van der Waals surface area contributed by atoms with Crippen molar-refractivity contribution in [3.8, 4) is 11.5 Å². The Morgan fingerprint density at radius 2 is 1.89 bits per heavy atom. The number of carbonyl (C=O) groups is 1. The van der Waals surface area contributed by atoms with Crippen LogP contribution in [0.25, 0.3) is 10.9 Å². The molecule has 2 rings (SSSR count). The minimum Gasteiger partial charge on any atom is -0.497 e. The Hall–Kier alpha value is -2.50. The predicted molar refractivity (Wildman–Crippen MR) is 70.6 cm³/mol. The monoisotopic (exact) mass is 262 g/mol. The van der Waals surface area contributed by atoms with Crippen molar-refractivity contribution in [1.29, 1.82) is 0 Å². The number of nitrogen functional groups attached to an aromatic ring is 1. The molecule has 0 spiro atoms. The molecule has 2 N–H and O–H groups in total. The maximum atomic E-state index is 11.5. The number of carbonyl (C=O) groups excluding carboxylic acids is 1. The van der Waals surface area contributed by atoms with Crippen molar-refractivity contribution in [2.24, 2.45) is 0 Å². The van der Waals surface area contributed by atoms with Crippen molar-refractivity contribution in [2.45, 2.75) is 0 Å². The Kier molecular flexibility index (Phi) is 3.41. The number of methoxy groups -OCH3 is 3. The average Bonchev–Trinajstić information content (AvgIpc) is 2.44. The van der Waals surface area contributed by atoms with Gasteiger partial charge in [-0.2, -0.15) is 0 Å². The van der Waals surface area contributed by atoms with E-state index >= 15 is 0 Å². The smallest absolute Gasteiger partial charge is 0.356 e. The number of esters is 1. The molecule has 0 saturated heterocycles. The van der Waals surface area contributed by atoms with Crippen LogP contribution in [0.4, 0.5) is 5.69 Å². The molecular formula is C13H14N2O4. The summed E-state index contributed by atoms with van der Waals surface area (Å²) in [5, 5.41) is 0.635. The maximum absolute atomic E-state index is 11.5. The van der Waals surface area contributed by atoms with E-state index in [0.717, 1.165) is 0 Å². The highest BCUT2D eigenvalue weighted by Crippen LogP contribution is 2.34. The van der Waals surface area contributed by atoms with E-state index in [4.69, 9.17) is 15.2 Å². The highest BCUT2D eigenvalue weighted by Gasteiger charge is 2.15. The van der Waals surface area contributed by atoms with Gasteiger partial charge in [0.1, 0.15) is 11.5 Å². The van der Waals surface area contributed by atoms with Crippen LogP contribution in [0.5, 0.6) is 11.5 Å². The number of hydrogen-bond donors (Lipinski definition) is 1. The highest BCUT2D eigenvalue weighted by atomic mass is 16.5. The number of anilines is 1. The molecule has 1 heterocycles. The van der Waals surface area contributed by atoms with E-state index in [1.165, 1.54) is 27.4 Å². The Morgan fingerprint density at radius 1 is 1.16 bits per heavy atom. The third-order valence-electron chi connectivity index (χ3n) is 2.73. The van der Waals surface area contributed by atoms with E-state index in [0.29, 0.717) is 28.1 Å². The molecular weight excluding hydrogens is 248 g/mol. The van der Waals surface area contributed by atoms with Gasteiger partial charge in [0.2, 0.25) is 0 Å². The first-order chi connectivity index (χ1) is 9.10. The van der Waals surface area contributed by atoms with E-state index in [-0.39, 0.29) is 5.69 Å². The summed E-state index contributed by atoms with van der Waals surface area (Å²) in [5.74, 6) is 0.560. The highest BCUT2D eigenvalue weighted by molar-refractivity contribution is 6.00. The van der Waals surface area contributed by atoms with Crippen molar-refractivity contribution < 1.29 is 19.0 Å². The van der Waals surface area contributed by atoms with Crippen molar-refractivity contribution in [2.75, 3.05) is 27.1 Å². The lowest BCUT2D eigenvalue weighted by atomic mass is 10.1. The molecule has 19 heavy (non-hydrogen) atoms. The first-order valence-corrected chi connectivity index (χ1v) is 5.51. The van der Waals surface area contributed by atoms with Gasteiger partial charge < -0.3 is 19.9 Å². The van der Waals surface area contributed by atoms with Crippen LogP contribution in [0.1, 0.15) is 10.5 Å². The number of nitrogens with two attached hydrogens (primary N) is 1. The Morgan fingerprint density at radius 3 is 2.47 bits per heavy atom. The number of hydrogen-bond acceptors (Lipinski definition) is 6. The standard InChI is InChI=1S/C13H14N2O4/c1-17-7-4-9-12(11(5-7)18-2)8(14)6-10(15-9)13(16)19-3/h4-6H,1-3H3,(H2,14,15). The van der Waals surface area contributed by atoms with Gasteiger partial charge in [-0.05, 0) is 6.07 Å². The van der Waals surface area contributed by atoms with Gasteiger partial charge >= 0.3 is 5.97 Å². The summed E-state index contributed by atoms with van der Waals surface area (Å²) < 4.78 is 15.0. The molecule has 1 aromatic carbocycles.